The van der Waals surface area contributed by atoms with E-state index in [-0.39, 0.29) is 5.69 Å². The lowest BCUT2D eigenvalue weighted by Crippen LogP contribution is -1.97. The molecule has 7 heteroatoms. The second-order valence-corrected chi connectivity index (χ2v) is 5.79. The van der Waals surface area contributed by atoms with Crippen molar-refractivity contribution in [2.45, 2.75) is 0 Å². The number of hydrogen-bond donors (Lipinski definition) is 2. The van der Waals surface area contributed by atoms with Crippen LogP contribution in [-0.2, 0) is 0 Å². The number of nitro groups is 1. The van der Waals surface area contributed by atoms with Crippen molar-refractivity contribution in [3.63, 3.8) is 0 Å². The third-order valence-corrected chi connectivity index (χ3v) is 3.78. The van der Waals surface area contributed by atoms with Crippen LogP contribution in [-0.4, -0.2) is 12.0 Å². The summed E-state index contributed by atoms with van der Waals surface area (Å²) < 4.78 is 1.81. The Balaban J connectivity index is 2.37. The van der Waals surface area contributed by atoms with Gasteiger partial charge in [-0.25, -0.2) is 0 Å². The van der Waals surface area contributed by atoms with E-state index in [9.17, 15) is 10.1 Å². The number of nitro benzene ring substituents is 1. The van der Waals surface area contributed by atoms with Gasteiger partial charge in [0.2, 0.25) is 0 Å². The fraction of sp³-hybridized carbons (Fsp3) is 0.0769. The standard InChI is InChI=1S/C13H11Br2N3O2/c1-16-9-5-10(7-11(6-9)18(19)20)17-13-3-2-8(14)4-12(13)15/h2-7,16-17H,1H3. The molecule has 0 amide bonds. The molecule has 0 saturated heterocycles. The summed E-state index contributed by atoms with van der Waals surface area (Å²) in [5, 5.41) is 17.0. The van der Waals surface area contributed by atoms with Crippen LogP contribution in [0.25, 0.3) is 0 Å². The van der Waals surface area contributed by atoms with E-state index < -0.39 is 4.92 Å². The molecule has 104 valence electrons. The summed E-state index contributed by atoms with van der Waals surface area (Å²) in [7, 11) is 1.72. The molecule has 0 aliphatic carbocycles. The number of anilines is 3. The Bertz CT molecular complexity index is 662. The number of hydrogen-bond acceptors (Lipinski definition) is 4. The van der Waals surface area contributed by atoms with Gasteiger partial charge in [-0.3, -0.25) is 10.1 Å². The molecule has 0 aromatic heterocycles. The van der Waals surface area contributed by atoms with Crippen molar-refractivity contribution >= 4 is 54.6 Å². The van der Waals surface area contributed by atoms with Crippen molar-refractivity contribution in [3.05, 3.63) is 55.5 Å². The van der Waals surface area contributed by atoms with Crippen LogP contribution in [0.4, 0.5) is 22.7 Å². The van der Waals surface area contributed by atoms with Crippen LogP contribution in [0.3, 0.4) is 0 Å². The molecule has 5 nitrogen and oxygen atoms in total. The molecule has 0 bridgehead atoms. The van der Waals surface area contributed by atoms with Crippen LogP contribution in [0, 0.1) is 10.1 Å². The van der Waals surface area contributed by atoms with E-state index in [4.69, 9.17) is 0 Å². The summed E-state index contributed by atoms with van der Waals surface area (Å²) in [6, 6.07) is 10.5. The summed E-state index contributed by atoms with van der Waals surface area (Å²) in [4.78, 5) is 10.5. The zero-order valence-electron chi connectivity index (χ0n) is 10.5. The minimum atomic E-state index is -0.414. The topological polar surface area (TPSA) is 67.2 Å². The molecule has 0 aliphatic heterocycles. The van der Waals surface area contributed by atoms with E-state index in [2.05, 4.69) is 42.5 Å². The van der Waals surface area contributed by atoms with Gasteiger partial charge in [-0.2, -0.15) is 0 Å². The van der Waals surface area contributed by atoms with Crippen molar-refractivity contribution in [2.75, 3.05) is 17.7 Å². The van der Waals surface area contributed by atoms with Crippen LogP contribution in [0.15, 0.2) is 45.3 Å². The minimum Gasteiger partial charge on any atom is -0.388 e. The average molecular weight is 401 g/mol. The molecular formula is C13H11Br2N3O2. The predicted molar refractivity (Wildman–Crippen MR) is 87.8 cm³/mol. The second-order valence-electron chi connectivity index (χ2n) is 4.02. The quantitative estimate of drug-likeness (QED) is 0.565. The Morgan fingerprint density at radius 2 is 1.80 bits per heavy atom. The monoisotopic (exact) mass is 399 g/mol. The molecule has 2 rings (SSSR count). The molecule has 0 fully saturated rings. The SMILES string of the molecule is CNc1cc(Nc2ccc(Br)cc2Br)cc([N+](=O)[O-])c1. The lowest BCUT2D eigenvalue weighted by molar-refractivity contribution is -0.384. The highest BCUT2D eigenvalue weighted by Crippen LogP contribution is 2.31. The molecule has 0 saturated carbocycles. The van der Waals surface area contributed by atoms with Gasteiger partial charge < -0.3 is 10.6 Å². The Labute approximate surface area is 132 Å². The minimum absolute atomic E-state index is 0.0348. The van der Waals surface area contributed by atoms with Gasteiger partial charge in [-0.1, -0.05) is 15.9 Å². The van der Waals surface area contributed by atoms with Crippen molar-refractivity contribution in [2.24, 2.45) is 0 Å². The van der Waals surface area contributed by atoms with Crippen LogP contribution in [0.2, 0.25) is 0 Å². The summed E-state index contributed by atoms with van der Waals surface area (Å²) in [6.45, 7) is 0. The zero-order valence-corrected chi connectivity index (χ0v) is 13.7. The van der Waals surface area contributed by atoms with Crippen molar-refractivity contribution in [1.82, 2.24) is 0 Å². The van der Waals surface area contributed by atoms with Crippen molar-refractivity contribution < 1.29 is 4.92 Å². The molecule has 0 heterocycles. The third-order valence-electron chi connectivity index (χ3n) is 2.63. The predicted octanol–water partition coefficient (Wildman–Crippen LogP) is 4.91. The number of nitrogens with one attached hydrogen (secondary N) is 2. The number of rotatable bonds is 4. The van der Waals surface area contributed by atoms with Gasteiger partial charge in [-0.05, 0) is 40.2 Å². The van der Waals surface area contributed by atoms with Gasteiger partial charge >= 0.3 is 0 Å². The van der Waals surface area contributed by atoms with Crippen LogP contribution in [0.1, 0.15) is 0 Å². The van der Waals surface area contributed by atoms with Crippen LogP contribution < -0.4 is 10.6 Å². The highest BCUT2D eigenvalue weighted by Gasteiger charge is 2.10. The zero-order chi connectivity index (χ0) is 14.7. The maximum absolute atomic E-state index is 10.9. The van der Waals surface area contributed by atoms with E-state index in [1.807, 2.05) is 24.3 Å². The lowest BCUT2D eigenvalue weighted by atomic mass is 10.2. The van der Waals surface area contributed by atoms with E-state index in [0.29, 0.717) is 11.4 Å². The fourth-order valence-corrected chi connectivity index (χ4v) is 2.83. The lowest BCUT2D eigenvalue weighted by Gasteiger charge is -2.10. The van der Waals surface area contributed by atoms with Crippen molar-refractivity contribution in [1.29, 1.82) is 0 Å². The molecule has 2 aromatic rings. The maximum atomic E-state index is 10.9. The van der Waals surface area contributed by atoms with Gasteiger partial charge in [0.05, 0.1) is 10.6 Å². The van der Waals surface area contributed by atoms with Crippen LogP contribution >= 0.6 is 31.9 Å². The van der Waals surface area contributed by atoms with Gasteiger partial charge in [0, 0.05) is 39.5 Å². The summed E-state index contributed by atoms with van der Waals surface area (Å²) >= 11 is 6.82. The van der Waals surface area contributed by atoms with Gasteiger partial charge in [0.1, 0.15) is 0 Å². The molecule has 2 aromatic carbocycles. The number of nitrogens with zero attached hydrogens (tertiary/aromatic N) is 1. The van der Waals surface area contributed by atoms with E-state index >= 15 is 0 Å². The first-order chi connectivity index (χ1) is 9.49. The molecule has 0 unspecified atom stereocenters. The van der Waals surface area contributed by atoms with Crippen molar-refractivity contribution in [3.8, 4) is 0 Å². The molecule has 0 radical (unpaired) electrons. The Kier molecular flexibility index (Phi) is 4.61. The van der Waals surface area contributed by atoms with Crippen LogP contribution in [0.5, 0.6) is 0 Å². The molecule has 0 aliphatic rings. The maximum Gasteiger partial charge on any atom is 0.273 e. The van der Waals surface area contributed by atoms with E-state index in [1.54, 1.807) is 7.05 Å². The largest absolute Gasteiger partial charge is 0.388 e. The molecule has 20 heavy (non-hydrogen) atoms. The molecule has 2 N–H and O–H groups in total. The number of non-ortho nitro benzene ring substituents is 1. The number of halogens is 2. The van der Waals surface area contributed by atoms with E-state index in [1.165, 1.54) is 12.1 Å². The Morgan fingerprint density at radius 1 is 1.10 bits per heavy atom. The first-order valence-electron chi connectivity index (χ1n) is 5.69. The summed E-state index contributed by atoms with van der Waals surface area (Å²) in [6.07, 6.45) is 0. The smallest absolute Gasteiger partial charge is 0.273 e. The Hall–Kier alpha value is -1.60. The Morgan fingerprint density at radius 3 is 2.40 bits per heavy atom. The number of benzene rings is 2. The second kappa shape index (κ2) is 6.23. The first kappa shape index (κ1) is 14.8. The normalized spacial score (nSPS) is 10.2. The molecular weight excluding hydrogens is 390 g/mol. The summed E-state index contributed by atoms with van der Waals surface area (Å²) in [5.41, 5.74) is 2.19. The van der Waals surface area contributed by atoms with Gasteiger partial charge in [-0.15, -0.1) is 0 Å². The fourth-order valence-electron chi connectivity index (χ4n) is 1.68. The van der Waals surface area contributed by atoms with E-state index in [0.717, 1.165) is 14.6 Å². The van der Waals surface area contributed by atoms with Gasteiger partial charge in [0.25, 0.3) is 5.69 Å². The average Bonchev–Trinajstić information content (AvgIpc) is 2.41. The third kappa shape index (κ3) is 3.49. The van der Waals surface area contributed by atoms with Gasteiger partial charge in [0.15, 0.2) is 0 Å². The highest BCUT2D eigenvalue weighted by molar-refractivity contribution is 9.11. The summed E-state index contributed by atoms with van der Waals surface area (Å²) in [5.74, 6) is 0. The first-order valence-corrected chi connectivity index (χ1v) is 7.27. The molecule has 0 spiro atoms. The highest BCUT2D eigenvalue weighted by atomic mass is 79.9. The molecule has 0 atom stereocenters.